The van der Waals surface area contributed by atoms with E-state index in [0.717, 1.165) is 44.1 Å². The summed E-state index contributed by atoms with van der Waals surface area (Å²) < 4.78 is 7.24. The van der Waals surface area contributed by atoms with Crippen molar-refractivity contribution in [2.75, 3.05) is 14.1 Å². The highest BCUT2D eigenvalue weighted by Crippen LogP contribution is 2.64. The van der Waals surface area contributed by atoms with Crippen molar-refractivity contribution in [3.8, 4) is 0 Å². The Balaban J connectivity index is 1.26. The number of ether oxygens (including phenoxy) is 1. The first-order valence-corrected chi connectivity index (χ1v) is 12.7. The Labute approximate surface area is 196 Å². The van der Waals surface area contributed by atoms with Gasteiger partial charge in [-0.25, -0.2) is 0 Å². The van der Waals surface area contributed by atoms with Crippen LogP contribution in [0.25, 0.3) is 16.3 Å². The number of hydrogen-bond donors (Lipinski definition) is 1. The largest absolute Gasteiger partial charge is 0.389 e. The molecule has 0 aromatic heterocycles. The quantitative estimate of drug-likeness (QED) is 0.670. The van der Waals surface area contributed by atoms with E-state index < -0.39 is 6.10 Å². The molecule has 3 heteroatoms. The smallest absolute Gasteiger partial charge is 0.0978 e. The lowest BCUT2D eigenvalue weighted by Gasteiger charge is -2.52. The number of fused-ring (bicyclic) bond motifs is 2. The molecule has 2 bridgehead atoms. The van der Waals surface area contributed by atoms with Crippen molar-refractivity contribution < 1.29 is 9.84 Å². The highest BCUT2D eigenvalue weighted by atomic mass is 16.5. The third-order valence-corrected chi connectivity index (χ3v) is 9.50. The molecule has 2 spiro atoms. The van der Waals surface area contributed by atoms with Crippen LogP contribution in [-0.2, 0) is 4.74 Å². The van der Waals surface area contributed by atoms with Crippen LogP contribution in [0.5, 0.6) is 0 Å². The highest BCUT2D eigenvalue weighted by molar-refractivity contribution is 5.87. The first-order valence-electron chi connectivity index (χ1n) is 12.7. The Morgan fingerprint density at radius 3 is 2.70 bits per heavy atom. The van der Waals surface area contributed by atoms with Gasteiger partial charge in [-0.2, -0.15) is 0 Å². The molecule has 5 aliphatic rings. The first kappa shape index (κ1) is 20.2. The van der Waals surface area contributed by atoms with E-state index in [4.69, 9.17) is 4.74 Å². The van der Waals surface area contributed by atoms with E-state index in [1.807, 2.05) is 0 Å². The van der Waals surface area contributed by atoms with Gasteiger partial charge in [-0.3, -0.25) is 0 Å². The fourth-order valence-electron chi connectivity index (χ4n) is 7.82. The number of aliphatic hydroxyl groups excluding tert-OH is 1. The van der Waals surface area contributed by atoms with Crippen molar-refractivity contribution in [2.45, 2.75) is 61.9 Å². The van der Waals surface area contributed by atoms with E-state index in [-0.39, 0.29) is 11.2 Å². The molecule has 3 aliphatic carbocycles. The molecule has 7 rings (SSSR count). The fourth-order valence-corrected chi connectivity index (χ4v) is 7.82. The second-order valence-corrected chi connectivity index (χ2v) is 11.2. The normalized spacial score (nSPS) is 39.0. The lowest BCUT2D eigenvalue weighted by Crippen LogP contribution is -2.56. The van der Waals surface area contributed by atoms with Gasteiger partial charge in [-0.05, 0) is 97.7 Å². The number of aliphatic hydroxyl groups is 1. The van der Waals surface area contributed by atoms with Crippen LogP contribution in [0.1, 0.15) is 44.1 Å². The molecule has 2 aliphatic heterocycles. The van der Waals surface area contributed by atoms with E-state index in [9.17, 15) is 5.11 Å². The molecule has 2 heterocycles. The van der Waals surface area contributed by atoms with Crippen LogP contribution < -0.4 is 0 Å². The average molecular weight is 440 g/mol. The number of allylic oxidation sites excluding steroid dienone is 3. The maximum absolute atomic E-state index is 11.1. The van der Waals surface area contributed by atoms with E-state index in [1.165, 1.54) is 27.5 Å². The molecule has 2 unspecified atom stereocenters. The van der Waals surface area contributed by atoms with Crippen LogP contribution in [0.2, 0.25) is 0 Å². The molecule has 1 saturated heterocycles. The summed E-state index contributed by atoms with van der Waals surface area (Å²) in [6.45, 7) is 0. The van der Waals surface area contributed by atoms with Crippen LogP contribution in [0.4, 0.5) is 0 Å². The van der Waals surface area contributed by atoms with Crippen molar-refractivity contribution >= 4 is 16.3 Å². The Bertz CT molecular complexity index is 1240. The summed E-state index contributed by atoms with van der Waals surface area (Å²) in [7, 11) is 4.27. The molecule has 6 atom stereocenters. The average Bonchev–Trinajstić information content (AvgIpc) is 3.38. The van der Waals surface area contributed by atoms with Gasteiger partial charge in [-0.1, -0.05) is 54.6 Å². The Kier molecular flexibility index (Phi) is 4.23. The molecule has 3 nitrogen and oxygen atoms in total. The Morgan fingerprint density at radius 1 is 1.00 bits per heavy atom. The molecule has 1 N–H and O–H groups in total. The van der Waals surface area contributed by atoms with E-state index >= 15 is 0 Å². The van der Waals surface area contributed by atoms with Gasteiger partial charge < -0.3 is 14.7 Å². The van der Waals surface area contributed by atoms with Crippen LogP contribution in [0, 0.1) is 11.8 Å². The summed E-state index contributed by atoms with van der Waals surface area (Å²) in [6, 6.07) is 16.0. The molecule has 0 radical (unpaired) electrons. The zero-order chi connectivity index (χ0) is 22.4. The summed E-state index contributed by atoms with van der Waals surface area (Å²) >= 11 is 0. The minimum atomic E-state index is -0.393. The van der Waals surface area contributed by atoms with Gasteiger partial charge in [0.15, 0.2) is 0 Å². The van der Waals surface area contributed by atoms with Crippen LogP contribution in [-0.4, -0.2) is 47.4 Å². The molecular weight excluding hydrogens is 406 g/mol. The Morgan fingerprint density at radius 2 is 1.85 bits per heavy atom. The lowest BCUT2D eigenvalue weighted by atomic mass is 9.66. The molecule has 1 saturated carbocycles. The first-order chi connectivity index (χ1) is 16.0. The number of benzene rings is 2. The highest BCUT2D eigenvalue weighted by Gasteiger charge is 2.64. The van der Waals surface area contributed by atoms with Gasteiger partial charge in [-0.15, -0.1) is 0 Å². The summed E-state index contributed by atoms with van der Waals surface area (Å²) in [6.07, 6.45) is 13.0. The molecule has 0 amide bonds. The summed E-state index contributed by atoms with van der Waals surface area (Å²) in [5.74, 6) is 1.01. The molecule has 170 valence electrons. The minimum Gasteiger partial charge on any atom is -0.389 e. The number of nitrogens with zero attached hydrogens (tertiary/aromatic N) is 1. The van der Waals surface area contributed by atoms with Crippen molar-refractivity contribution in [2.24, 2.45) is 11.8 Å². The summed E-state index contributed by atoms with van der Waals surface area (Å²) in [5.41, 5.74) is 4.91. The molecule has 33 heavy (non-hydrogen) atoms. The van der Waals surface area contributed by atoms with Crippen molar-refractivity contribution in [1.82, 2.24) is 4.90 Å². The van der Waals surface area contributed by atoms with Crippen molar-refractivity contribution in [3.63, 3.8) is 0 Å². The van der Waals surface area contributed by atoms with Gasteiger partial charge >= 0.3 is 0 Å². The zero-order valence-corrected chi connectivity index (χ0v) is 19.6. The zero-order valence-electron chi connectivity index (χ0n) is 19.6. The standard InChI is InChI=1S/C30H33NO2/c1-31(2)23-17-28(32)27-16-22-9-10-25-24(21-8-7-19-5-3-4-6-20(19)15-21)11-12-26(25)30(22)14-13-29(27,18-23)33-30/h3-9,11,15-16,23,25-26,28,32H,10,12-14,17-18H2,1-2H3/t23-,25?,26?,28+,29-,30-/m1/s1. The number of rotatable bonds is 2. The summed E-state index contributed by atoms with van der Waals surface area (Å²) in [4.78, 5) is 2.27. The fraction of sp³-hybridized carbons (Fsp3) is 0.467. The SMILES string of the molecule is CN(C)[C@@H]1C[C@H](O)C2=CC3=CCC4C(c5ccc6ccccc6c5)=CCC4[C@@]34CC[C@]2(C1)O4. The monoisotopic (exact) mass is 439 g/mol. The van der Waals surface area contributed by atoms with Crippen LogP contribution >= 0.6 is 0 Å². The van der Waals surface area contributed by atoms with Gasteiger partial charge in [0, 0.05) is 12.0 Å². The van der Waals surface area contributed by atoms with Gasteiger partial charge in [0.05, 0.1) is 17.3 Å². The van der Waals surface area contributed by atoms with Crippen LogP contribution in [0.3, 0.4) is 0 Å². The molecule has 2 aromatic carbocycles. The van der Waals surface area contributed by atoms with E-state index in [2.05, 4.69) is 79.7 Å². The Hall–Kier alpha value is -2.20. The topological polar surface area (TPSA) is 32.7 Å². The molecule has 2 aromatic rings. The third kappa shape index (κ3) is 2.73. The minimum absolute atomic E-state index is 0.185. The third-order valence-electron chi connectivity index (χ3n) is 9.50. The predicted octanol–water partition coefficient (Wildman–Crippen LogP) is 5.50. The molecular formula is C30H33NO2. The van der Waals surface area contributed by atoms with Gasteiger partial charge in [0.25, 0.3) is 0 Å². The second-order valence-electron chi connectivity index (χ2n) is 11.2. The second kappa shape index (κ2) is 6.91. The maximum Gasteiger partial charge on any atom is 0.0978 e. The summed E-state index contributed by atoms with van der Waals surface area (Å²) in [5, 5.41) is 13.7. The van der Waals surface area contributed by atoms with Crippen molar-refractivity contribution in [1.29, 1.82) is 0 Å². The van der Waals surface area contributed by atoms with Crippen molar-refractivity contribution in [3.05, 3.63) is 77.4 Å². The maximum atomic E-state index is 11.1. The number of hydrogen-bond acceptors (Lipinski definition) is 3. The van der Waals surface area contributed by atoms with Crippen LogP contribution in [0.15, 0.2) is 71.8 Å². The van der Waals surface area contributed by atoms with Gasteiger partial charge in [0.2, 0.25) is 0 Å². The van der Waals surface area contributed by atoms with Gasteiger partial charge in [0.1, 0.15) is 0 Å². The lowest BCUT2D eigenvalue weighted by molar-refractivity contribution is -0.134. The molecule has 2 fully saturated rings. The van der Waals surface area contributed by atoms with E-state index in [1.54, 1.807) is 0 Å². The predicted molar refractivity (Wildman–Crippen MR) is 133 cm³/mol. The van der Waals surface area contributed by atoms with E-state index in [0.29, 0.717) is 17.9 Å².